The van der Waals surface area contributed by atoms with Gasteiger partial charge in [0, 0.05) is 33.9 Å². The molecule has 0 N–H and O–H groups in total. The lowest BCUT2D eigenvalue weighted by atomic mass is 9.33. The lowest BCUT2D eigenvalue weighted by molar-refractivity contribution is 0.591. The molecule has 0 saturated heterocycles. The van der Waals surface area contributed by atoms with Crippen LogP contribution < -0.4 is 26.2 Å². The minimum absolute atomic E-state index is 0.0516. The zero-order valence-electron chi connectivity index (χ0n) is 45.0. The van der Waals surface area contributed by atoms with E-state index in [1.165, 1.54) is 117 Å². The minimum atomic E-state index is -0.0877. The Morgan fingerprint density at radius 3 is 0.904 bits per heavy atom. The van der Waals surface area contributed by atoms with Gasteiger partial charge in [0.2, 0.25) is 0 Å². The lowest BCUT2D eigenvalue weighted by Crippen LogP contribution is -2.61. The first-order chi connectivity index (χ1) is 34.8. The molecule has 0 aromatic heterocycles. The first-order valence-corrected chi connectivity index (χ1v) is 26.4. The minimum Gasteiger partial charge on any atom is -0.311 e. The fraction of sp³-hybridized carbons (Fsp3) is 0.229. The van der Waals surface area contributed by atoms with Gasteiger partial charge in [-0.25, -0.2) is 0 Å². The maximum absolute atomic E-state index is 2.60. The predicted molar refractivity (Wildman–Crippen MR) is 317 cm³/mol. The summed E-state index contributed by atoms with van der Waals surface area (Å²) in [5.41, 5.74) is 26.1. The maximum Gasteiger partial charge on any atom is 0.252 e. The molecule has 0 bridgehead atoms. The summed E-state index contributed by atoms with van der Waals surface area (Å²) >= 11 is 0. The fourth-order valence-corrected chi connectivity index (χ4v) is 12.1. The van der Waals surface area contributed by atoms with Crippen LogP contribution in [0, 0.1) is 0 Å². The van der Waals surface area contributed by atoms with Crippen LogP contribution in [0.3, 0.4) is 0 Å². The number of anilines is 6. The van der Waals surface area contributed by atoms with E-state index in [-0.39, 0.29) is 28.4 Å². The van der Waals surface area contributed by atoms with Gasteiger partial charge in [0.25, 0.3) is 6.71 Å². The highest BCUT2D eigenvalue weighted by Crippen LogP contribution is 2.50. The van der Waals surface area contributed by atoms with Gasteiger partial charge in [-0.15, -0.1) is 0 Å². The monoisotopic (exact) mass is 949 g/mol. The molecule has 9 aromatic rings. The Balaban J connectivity index is 1.26. The number of para-hydroxylation sites is 2. The molecule has 0 atom stereocenters. The van der Waals surface area contributed by atoms with E-state index < -0.39 is 0 Å². The largest absolute Gasteiger partial charge is 0.311 e. The van der Waals surface area contributed by atoms with Crippen LogP contribution >= 0.6 is 0 Å². The average Bonchev–Trinajstić information content (AvgIpc) is 3.37. The van der Waals surface area contributed by atoms with Crippen molar-refractivity contribution in [2.45, 2.75) is 105 Å². The Hall–Kier alpha value is -7.36. The van der Waals surface area contributed by atoms with Crippen LogP contribution in [0.5, 0.6) is 0 Å². The van der Waals surface area contributed by atoms with Gasteiger partial charge in [0.1, 0.15) is 0 Å². The van der Waals surface area contributed by atoms with E-state index in [0.29, 0.717) is 0 Å². The number of hydrogen-bond acceptors (Lipinski definition) is 2. The summed E-state index contributed by atoms with van der Waals surface area (Å²) in [5, 5.41) is 0. The van der Waals surface area contributed by atoms with Crippen molar-refractivity contribution in [3.63, 3.8) is 0 Å². The molecular weight excluding hydrogens is 880 g/mol. The van der Waals surface area contributed by atoms with Gasteiger partial charge in [-0.2, -0.15) is 0 Å². The molecule has 0 amide bonds. The van der Waals surface area contributed by atoms with Crippen molar-refractivity contribution in [2.75, 3.05) is 9.80 Å². The number of nitrogens with zero attached hydrogens (tertiary/aromatic N) is 2. The van der Waals surface area contributed by atoms with Crippen molar-refractivity contribution in [3.05, 3.63) is 222 Å². The molecular formula is C70H69BN2. The highest BCUT2D eigenvalue weighted by atomic mass is 15.2. The van der Waals surface area contributed by atoms with Crippen LogP contribution in [0.15, 0.2) is 200 Å². The Bertz CT molecular complexity index is 3350. The zero-order valence-corrected chi connectivity index (χ0v) is 45.0. The van der Waals surface area contributed by atoms with Gasteiger partial charge in [0.15, 0.2) is 0 Å². The third-order valence-corrected chi connectivity index (χ3v) is 15.4. The van der Waals surface area contributed by atoms with E-state index in [0.717, 1.165) is 0 Å². The standard InChI is InChI=1S/C70H69BN2/c1-67(2,3)54-32-19-13-26-48(54)46-40-42-62-58(44-46)71-59-45-47(49-27-14-20-33-55(49)68(4,5)6)41-43-63(59)73(61-37-24-18-31-53(61)51-29-16-22-35-57(51)70(10,11)12)65-39-25-38-64(66(65)71)72(62)60-36-23-17-30-52(60)50-28-15-21-34-56(50)69(7,8)9/h13-45H,1-12H3. The molecule has 11 rings (SSSR count). The van der Waals surface area contributed by atoms with Crippen LogP contribution in [-0.2, 0) is 21.7 Å². The predicted octanol–water partition coefficient (Wildman–Crippen LogP) is 17.6. The quantitative estimate of drug-likeness (QED) is 0.153. The van der Waals surface area contributed by atoms with Gasteiger partial charge in [-0.05, 0) is 130 Å². The molecule has 0 spiro atoms. The number of rotatable bonds is 6. The SMILES string of the molecule is CC(C)(C)c1ccccc1-c1ccc2c(c1)B1c3cc(-c4ccccc4C(C)(C)C)ccc3N(c3ccccc3-c3ccccc3C(C)(C)C)c3cccc(c31)N2c1ccccc1-c1ccccc1C(C)(C)C. The highest BCUT2D eigenvalue weighted by Gasteiger charge is 2.44. The van der Waals surface area contributed by atoms with Gasteiger partial charge in [-0.1, -0.05) is 247 Å². The van der Waals surface area contributed by atoms with Crippen molar-refractivity contribution >= 4 is 57.2 Å². The highest BCUT2D eigenvalue weighted by molar-refractivity contribution is 7.00. The topological polar surface area (TPSA) is 6.48 Å². The second-order valence-corrected chi connectivity index (χ2v) is 24.6. The maximum atomic E-state index is 2.60. The van der Waals surface area contributed by atoms with E-state index in [2.05, 4.69) is 293 Å². The summed E-state index contributed by atoms with van der Waals surface area (Å²) < 4.78 is 0. The Morgan fingerprint density at radius 2 is 0.548 bits per heavy atom. The van der Waals surface area contributed by atoms with Crippen LogP contribution in [0.1, 0.15) is 105 Å². The molecule has 2 aliphatic rings. The van der Waals surface area contributed by atoms with E-state index in [1.54, 1.807) is 0 Å². The third kappa shape index (κ3) is 8.32. The molecule has 73 heavy (non-hydrogen) atoms. The molecule has 3 heteroatoms. The average molecular weight is 949 g/mol. The van der Waals surface area contributed by atoms with Crippen molar-refractivity contribution < 1.29 is 0 Å². The molecule has 2 nitrogen and oxygen atoms in total. The van der Waals surface area contributed by atoms with Crippen LogP contribution in [0.2, 0.25) is 0 Å². The van der Waals surface area contributed by atoms with Crippen LogP contribution in [0.25, 0.3) is 44.5 Å². The summed E-state index contributed by atoms with van der Waals surface area (Å²) in [6.45, 7) is 27.9. The Labute approximate surface area is 436 Å². The van der Waals surface area contributed by atoms with Gasteiger partial charge in [0.05, 0.1) is 11.4 Å². The first-order valence-electron chi connectivity index (χ1n) is 26.4. The van der Waals surface area contributed by atoms with Gasteiger partial charge >= 0.3 is 0 Å². The van der Waals surface area contributed by atoms with E-state index in [9.17, 15) is 0 Å². The smallest absolute Gasteiger partial charge is 0.252 e. The second-order valence-electron chi connectivity index (χ2n) is 24.6. The van der Waals surface area contributed by atoms with Crippen molar-refractivity contribution in [3.8, 4) is 44.5 Å². The molecule has 2 heterocycles. The lowest BCUT2D eigenvalue weighted by Gasteiger charge is -2.45. The van der Waals surface area contributed by atoms with E-state index in [4.69, 9.17) is 0 Å². The summed E-state index contributed by atoms with van der Waals surface area (Å²) in [5.74, 6) is 0. The van der Waals surface area contributed by atoms with E-state index >= 15 is 0 Å². The van der Waals surface area contributed by atoms with Crippen molar-refractivity contribution in [1.82, 2.24) is 0 Å². The molecule has 2 aliphatic heterocycles. The molecule has 0 aliphatic carbocycles. The third-order valence-electron chi connectivity index (χ3n) is 15.4. The Kier molecular flexibility index (Phi) is 11.6. The zero-order chi connectivity index (χ0) is 51.2. The molecule has 9 aromatic carbocycles. The molecule has 362 valence electrons. The van der Waals surface area contributed by atoms with E-state index in [1.807, 2.05) is 0 Å². The molecule has 0 unspecified atom stereocenters. The summed E-state index contributed by atoms with van der Waals surface area (Å²) in [7, 11) is 0. The normalized spacial score (nSPS) is 13.4. The summed E-state index contributed by atoms with van der Waals surface area (Å²) in [6.07, 6.45) is 0. The molecule has 0 saturated carbocycles. The van der Waals surface area contributed by atoms with Crippen LogP contribution in [-0.4, -0.2) is 6.71 Å². The first kappa shape index (κ1) is 47.9. The van der Waals surface area contributed by atoms with Crippen LogP contribution in [0.4, 0.5) is 34.1 Å². The van der Waals surface area contributed by atoms with Crippen molar-refractivity contribution in [1.29, 1.82) is 0 Å². The number of benzene rings is 9. The van der Waals surface area contributed by atoms with Crippen molar-refractivity contribution in [2.24, 2.45) is 0 Å². The summed E-state index contributed by atoms with van der Waals surface area (Å²) in [4.78, 5) is 5.20. The van der Waals surface area contributed by atoms with Gasteiger partial charge in [-0.3, -0.25) is 0 Å². The number of fused-ring (bicyclic) bond motifs is 4. The fourth-order valence-electron chi connectivity index (χ4n) is 12.1. The molecule has 0 radical (unpaired) electrons. The summed E-state index contributed by atoms with van der Waals surface area (Å²) in [6, 6.07) is 76.1. The second kappa shape index (κ2) is 17.7. The Morgan fingerprint density at radius 1 is 0.260 bits per heavy atom. The number of hydrogen-bond donors (Lipinski definition) is 0. The molecule has 0 fully saturated rings. The van der Waals surface area contributed by atoms with Gasteiger partial charge < -0.3 is 9.80 Å².